The maximum Gasteiger partial charge on any atom is 0.101 e. The number of benzene rings is 2. The van der Waals surface area contributed by atoms with Gasteiger partial charge in [0.2, 0.25) is 0 Å². The fraction of sp³-hybridized carbons (Fsp3) is 0.235. The van der Waals surface area contributed by atoms with E-state index in [0.717, 1.165) is 28.7 Å². The van der Waals surface area contributed by atoms with Crippen molar-refractivity contribution in [2.24, 2.45) is 5.92 Å². The van der Waals surface area contributed by atoms with Gasteiger partial charge in [-0.1, -0.05) is 41.1 Å². The summed E-state index contributed by atoms with van der Waals surface area (Å²) in [7, 11) is 0. The van der Waals surface area contributed by atoms with Gasteiger partial charge in [0.05, 0.1) is 11.3 Å². The van der Waals surface area contributed by atoms with Crippen molar-refractivity contribution in [3.8, 4) is 6.07 Å². The third-order valence-electron chi connectivity index (χ3n) is 3.72. The highest BCUT2D eigenvalue weighted by Crippen LogP contribution is 2.37. The summed E-state index contributed by atoms with van der Waals surface area (Å²) in [6.07, 6.45) is 1.10. The van der Waals surface area contributed by atoms with E-state index in [9.17, 15) is 5.26 Å². The van der Waals surface area contributed by atoms with Gasteiger partial charge >= 0.3 is 0 Å². The summed E-state index contributed by atoms with van der Waals surface area (Å²) in [6.45, 7) is 3.20. The van der Waals surface area contributed by atoms with Crippen LogP contribution in [0.3, 0.4) is 0 Å². The number of halogens is 1. The summed E-state index contributed by atoms with van der Waals surface area (Å²) in [5.41, 5.74) is 4.29. The molecule has 20 heavy (non-hydrogen) atoms. The van der Waals surface area contributed by atoms with Crippen molar-refractivity contribution >= 4 is 27.3 Å². The van der Waals surface area contributed by atoms with Crippen molar-refractivity contribution in [2.75, 3.05) is 11.4 Å². The number of fused-ring (bicyclic) bond motifs is 1. The Morgan fingerprint density at radius 2 is 2.00 bits per heavy atom. The second kappa shape index (κ2) is 5.30. The highest BCUT2D eigenvalue weighted by atomic mass is 79.9. The molecule has 1 atom stereocenters. The first kappa shape index (κ1) is 13.2. The minimum absolute atomic E-state index is 0.579. The molecule has 2 aromatic carbocycles. The van der Waals surface area contributed by atoms with Gasteiger partial charge < -0.3 is 4.90 Å². The van der Waals surface area contributed by atoms with Gasteiger partial charge in [0, 0.05) is 16.7 Å². The number of hydrogen-bond donors (Lipinski definition) is 0. The summed E-state index contributed by atoms with van der Waals surface area (Å²) < 4.78 is 1.00. The van der Waals surface area contributed by atoms with Crippen LogP contribution in [0.4, 0.5) is 11.4 Å². The predicted molar refractivity (Wildman–Crippen MR) is 85.2 cm³/mol. The summed E-state index contributed by atoms with van der Waals surface area (Å²) in [5.74, 6) is 0.579. The van der Waals surface area contributed by atoms with Gasteiger partial charge in [-0.2, -0.15) is 5.26 Å². The Bertz CT molecular complexity index is 688. The molecule has 0 fully saturated rings. The van der Waals surface area contributed by atoms with Gasteiger partial charge in [-0.3, -0.25) is 0 Å². The molecule has 0 saturated heterocycles. The van der Waals surface area contributed by atoms with Crippen molar-refractivity contribution < 1.29 is 0 Å². The van der Waals surface area contributed by atoms with E-state index in [1.54, 1.807) is 0 Å². The first-order valence-corrected chi connectivity index (χ1v) is 7.53. The quantitative estimate of drug-likeness (QED) is 0.762. The molecule has 2 aromatic rings. The molecule has 0 radical (unpaired) electrons. The van der Waals surface area contributed by atoms with Crippen LogP contribution in [0, 0.1) is 17.2 Å². The Morgan fingerprint density at radius 1 is 1.20 bits per heavy atom. The summed E-state index contributed by atoms with van der Waals surface area (Å²) >= 11 is 3.51. The zero-order valence-electron chi connectivity index (χ0n) is 11.3. The van der Waals surface area contributed by atoms with E-state index in [4.69, 9.17) is 0 Å². The maximum atomic E-state index is 9.36. The second-order valence-corrected chi connectivity index (χ2v) is 6.24. The smallest absolute Gasteiger partial charge is 0.101 e. The first-order valence-electron chi connectivity index (χ1n) is 6.74. The molecule has 0 aromatic heterocycles. The molecule has 0 amide bonds. The molecule has 100 valence electrons. The highest BCUT2D eigenvalue weighted by Gasteiger charge is 2.24. The zero-order valence-corrected chi connectivity index (χ0v) is 12.9. The van der Waals surface area contributed by atoms with Crippen molar-refractivity contribution in [2.45, 2.75) is 13.3 Å². The molecule has 0 aliphatic carbocycles. The van der Waals surface area contributed by atoms with E-state index in [0.29, 0.717) is 5.92 Å². The number of rotatable bonds is 1. The Hall–Kier alpha value is -1.79. The standard InChI is InChI=1S/C17H15BrN2/c1-12-8-13-4-2-3-5-16(13)20(11-12)17-9-15(18)7-6-14(17)10-19/h2-7,9,12H,8,11H2,1H3. The molecule has 0 saturated carbocycles. The van der Waals surface area contributed by atoms with Gasteiger partial charge in [-0.05, 0) is 42.2 Å². The summed E-state index contributed by atoms with van der Waals surface area (Å²) in [4.78, 5) is 2.27. The fourth-order valence-electron chi connectivity index (χ4n) is 2.85. The number of nitrogens with zero attached hydrogens (tertiary/aromatic N) is 2. The molecule has 0 N–H and O–H groups in total. The Morgan fingerprint density at radius 3 is 2.80 bits per heavy atom. The SMILES string of the molecule is CC1Cc2ccccc2N(c2cc(Br)ccc2C#N)C1. The molecule has 1 heterocycles. The van der Waals surface area contributed by atoms with E-state index in [2.05, 4.69) is 58.1 Å². The topological polar surface area (TPSA) is 27.0 Å². The van der Waals surface area contributed by atoms with Gasteiger partial charge in [0.1, 0.15) is 6.07 Å². The zero-order chi connectivity index (χ0) is 14.1. The average Bonchev–Trinajstić information content (AvgIpc) is 2.46. The van der Waals surface area contributed by atoms with Crippen molar-refractivity contribution in [3.63, 3.8) is 0 Å². The van der Waals surface area contributed by atoms with Crippen LogP contribution < -0.4 is 4.90 Å². The molecule has 1 unspecified atom stereocenters. The lowest BCUT2D eigenvalue weighted by Crippen LogP contribution is -2.30. The Kier molecular flexibility index (Phi) is 3.50. The molecule has 3 rings (SSSR count). The minimum Gasteiger partial charge on any atom is -0.340 e. The van der Waals surface area contributed by atoms with E-state index < -0.39 is 0 Å². The van der Waals surface area contributed by atoms with Crippen LogP contribution in [0.5, 0.6) is 0 Å². The lowest BCUT2D eigenvalue weighted by Gasteiger charge is -2.35. The van der Waals surface area contributed by atoms with Crippen molar-refractivity contribution in [3.05, 3.63) is 58.1 Å². The fourth-order valence-corrected chi connectivity index (χ4v) is 3.20. The molecule has 3 heteroatoms. The molecular formula is C17H15BrN2. The predicted octanol–water partition coefficient (Wildman–Crippen LogP) is 4.65. The second-order valence-electron chi connectivity index (χ2n) is 5.32. The van der Waals surface area contributed by atoms with Crippen LogP contribution in [0.2, 0.25) is 0 Å². The summed E-state index contributed by atoms with van der Waals surface area (Å²) in [5, 5.41) is 9.36. The van der Waals surface area contributed by atoms with Gasteiger partial charge in [-0.15, -0.1) is 0 Å². The van der Waals surface area contributed by atoms with Crippen LogP contribution in [0.1, 0.15) is 18.1 Å². The lowest BCUT2D eigenvalue weighted by atomic mass is 9.93. The van der Waals surface area contributed by atoms with E-state index in [1.165, 1.54) is 11.3 Å². The molecule has 0 spiro atoms. The number of nitriles is 1. The molecule has 2 nitrogen and oxygen atoms in total. The van der Waals surface area contributed by atoms with Crippen LogP contribution in [0.25, 0.3) is 0 Å². The molecule has 1 aliphatic heterocycles. The number of para-hydroxylation sites is 1. The summed E-state index contributed by atoms with van der Waals surface area (Å²) in [6, 6.07) is 16.6. The molecule has 1 aliphatic rings. The van der Waals surface area contributed by atoms with E-state index >= 15 is 0 Å². The average molecular weight is 327 g/mol. The van der Waals surface area contributed by atoms with Crippen LogP contribution in [-0.2, 0) is 6.42 Å². The van der Waals surface area contributed by atoms with Gasteiger partial charge in [0.25, 0.3) is 0 Å². The van der Waals surface area contributed by atoms with Crippen LogP contribution >= 0.6 is 15.9 Å². The van der Waals surface area contributed by atoms with Crippen LogP contribution in [0.15, 0.2) is 46.9 Å². The Labute approximate surface area is 127 Å². The first-order chi connectivity index (χ1) is 9.69. The maximum absolute atomic E-state index is 9.36. The molecule has 0 bridgehead atoms. The Balaban J connectivity index is 2.16. The van der Waals surface area contributed by atoms with Gasteiger partial charge in [0.15, 0.2) is 0 Å². The number of hydrogen-bond acceptors (Lipinski definition) is 2. The van der Waals surface area contributed by atoms with E-state index in [1.807, 2.05) is 18.2 Å². The van der Waals surface area contributed by atoms with Crippen LogP contribution in [-0.4, -0.2) is 6.54 Å². The highest BCUT2D eigenvalue weighted by molar-refractivity contribution is 9.10. The third kappa shape index (κ3) is 2.32. The minimum atomic E-state index is 0.579. The largest absolute Gasteiger partial charge is 0.340 e. The number of anilines is 2. The van der Waals surface area contributed by atoms with Crippen molar-refractivity contribution in [1.29, 1.82) is 5.26 Å². The lowest BCUT2D eigenvalue weighted by molar-refractivity contribution is 0.562. The van der Waals surface area contributed by atoms with E-state index in [-0.39, 0.29) is 0 Å². The third-order valence-corrected chi connectivity index (χ3v) is 4.21. The van der Waals surface area contributed by atoms with Gasteiger partial charge in [-0.25, -0.2) is 0 Å². The normalized spacial score (nSPS) is 17.4. The monoisotopic (exact) mass is 326 g/mol. The van der Waals surface area contributed by atoms with Crippen molar-refractivity contribution in [1.82, 2.24) is 0 Å². The molecular weight excluding hydrogens is 312 g/mol.